The Morgan fingerprint density at radius 1 is 1.22 bits per heavy atom. The molecule has 4 heteroatoms. The number of nitrogens with one attached hydrogen (secondary N) is 1. The molecule has 0 amide bonds. The molecule has 1 N–H and O–H groups in total. The van der Waals surface area contributed by atoms with Crippen molar-refractivity contribution < 1.29 is 0 Å². The molecule has 1 aliphatic heterocycles. The number of hydrogen-bond acceptors (Lipinski definition) is 3. The van der Waals surface area contributed by atoms with Gasteiger partial charge in [-0.05, 0) is 19.4 Å². The Bertz CT molecular complexity index is 512. The van der Waals surface area contributed by atoms with E-state index in [0.717, 1.165) is 30.2 Å². The van der Waals surface area contributed by atoms with Crippen molar-refractivity contribution in [3.8, 4) is 11.4 Å². The number of nitrogens with zero attached hydrogens (tertiary/aromatic N) is 3. The molecule has 0 aliphatic carbocycles. The van der Waals surface area contributed by atoms with Gasteiger partial charge in [0.2, 0.25) is 0 Å². The van der Waals surface area contributed by atoms with Gasteiger partial charge in [0, 0.05) is 12.6 Å². The maximum absolute atomic E-state index is 4.69. The lowest BCUT2D eigenvalue weighted by Gasteiger charge is -2.22. The quantitative estimate of drug-likeness (QED) is 0.878. The maximum Gasteiger partial charge on any atom is 0.181 e. The Labute approximate surface area is 107 Å². The van der Waals surface area contributed by atoms with Gasteiger partial charge in [0.25, 0.3) is 0 Å². The van der Waals surface area contributed by atoms with Crippen LogP contribution in [0.4, 0.5) is 0 Å². The van der Waals surface area contributed by atoms with Crippen LogP contribution in [0, 0.1) is 0 Å². The molecule has 0 radical (unpaired) electrons. The smallest absolute Gasteiger partial charge is 0.181 e. The minimum Gasteiger partial charge on any atom is -0.307 e. The van der Waals surface area contributed by atoms with Crippen molar-refractivity contribution in [2.45, 2.75) is 25.3 Å². The molecule has 2 heterocycles. The van der Waals surface area contributed by atoms with Gasteiger partial charge >= 0.3 is 0 Å². The summed E-state index contributed by atoms with van der Waals surface area (Å²) in [5, 5.41) is 8.04. The SMILES string of the molecule is Cn1nc(-c2ccccc2)nc1C1CCCCN1. The summed E-state index contributed by atoms with van der Waals surface area (Å²) in [6, 6.07) is 10.5. The second-order valence-electron chi connectivity index (χ2n) is 4.79. The van der Waals surface area contributed by atoms with Gasteiger partial charge in [-0.15, -0.1) is 0 Å². The third-order valence-electron chi connectivity index (χ3n) is 3.45. The van der Waals surface area contributed by atoms with E-state index in [4.69, 9.17) is 4.98 Å². The van der Waals surface area contributed by atoms with Crippen LogP contribution >= 0.6 is 0 Å². The number of hydrogen-bond donors (Lipinski definition) is 1. The molecular weight excluding hydrogens is 224 g/mol. The van der Waals surface area contributed by atoms with E-state index in [1.807, 2.05) is 42.1 Å². The number of rotatable bonds is 2. The van der Waals surface area contributed by atoms with Crippen LogP contribution in [0.2, 0.25) is 0 Å². The third kappa shape index (κ3) is 2.16. The average Bonchev–Trinajstić information content (AvgIpc) is 2.83. The molecule has 94 valence electrons. The van der Waals surface area contributed by atoms with Crippen LogP contribution in [0.15, 0.2) is 30.3 Å². The number of benzene rings is 1. The zero-order valence-corrected chi connectivity index (χ0v) is 10.6. The zero-order chi connectivity index (χ0) is 12.4. The van der Waals surface area contributed by atoms with Crippen molar-refractivity contribution in [1.82, 2.24) is 20.1 Å². The minimum atomic E-state index is 0.355. The zero-order valence-electron chi connectivity index (χ0n) is 10.6. The second kappa shape index (κ2) is 4.90. The standard InChI is InChI=1S/C14H18N4/c1-18-14(12-9-5-6-10-15-12)16-13(17-18)11-7-3-2-4-8-11/h2-4,7-8,12,15H,5-6,9-10H2,1H3. The van der Waals surface area contributed by atoms with Gasteiger partial charge in [-0.2, -0.15) is 5.10 Å². The summed E-state index contributed by atoms with van der Waals surface area (Å²) in [5.74, 6) is 1.87. The molecule has 3 rings (SSSR count). The van der Waals surface area contributed by atoms with Crippen molar-refractivity contribution in [2.24, 2.45) is 7.05 Å². The molecule has 0 saturated carbocycles. The fraction of sp³-hybridized carbons (Fsp3) is 0.429. The van der Waals surface area contributed by atoms with E-state index >= 15 is 0 Å². The normalized spacial score (nSPS) is 19.9. The highest BCUT2D eigenvalue weighted by molar-refractivity contribution is 5.54. The molecule has 0 bridgehead atoms. The molecule has 18 heavy (non-hydrogen) atoms. The fourth-order valence-corrected chi connectivity index (χ4v) is 2.48. The lowest BCUT2D eigenvalue weighted by molar-refractivity contribution is 0.386. The van der Waals surface area contributed by atoms with Crippen molar-refractivity contribution >= 4 is 0 Å². The van der Waals surface area contributed by atoms with Gasteiger partial charge in [0.1, 0.15) is 5.82 Å². The minimum absolute atomic E-state index is 0.355. The predicted octanol–water partition coefficient (Wildman–Crippen LogP) is 2.30. The summed E-state index contributed by atoms with van der Waals surface area (Å²) in [6.45, 7) is 1.08. The van der Waals surface area contributed by atoms with Crippen molar-refractivity contribution in [1.29, 1.82) is 0 Å². The molecule has 1 fully saturated rings. The molecule has 1 aliphatic rings. The largest absolute Gasteiger partial charge is 0.307 e. The third-order valence-corrected chi connectivity index (χ3v) is 3.45. The fourth-order valence-electron chi connectivity index (χ4n) is 2.48. The van der Waals surface area contributed by atoms with Crippen molar-refractivity contribution in [3.63, 3.8) is 0 Å². The summed E-state index contributed by atoms with van der Waals surface area (Å²) in [6.07, 6.45) is 3.69. The Balaban J connectivity index is 1.91. The number of piperidine rings is 1. The molecule has 1 atom stereocenters. The van der Waals surface area contributed by atoms with Crippen LogP contribution in [-0.2, 0) is 7.05 Å². The molecule has 2 aromatic rings. The van der Waals surface area contributed by atoms with E-state index in [0.29, 0.717) is 6.04 Å². The molecule has 1 saturated heterocycles. The molecule has 1 aromatic carbocycles. The first-order chi connectivity index (χ1) is 8.84. The maximum atomic E-state index is 4.69. The van der Waals surface area contributed by atoms with E-state index in [9.17, 15) is 0 Å². The highest BCUT2D eigenvalue weighted by Gasteiger charge is 2.20. The highest BCUT2D eigenvalue weighted by atomic mass is 15.3. The van der Waals surface area contributed by atoms with E-state index in [1.165, 1.54) is 12.8 Å². The Hall–Kier alpha value is -1.68. The summed E-state index contributed by atoms with van der Waals surface area (Å²) >= 11 is 0. The van der Waals surface area contributed by atoms with Crippen molar-refractivity contribution in [2.75, 3.05) is 6.54 Å². The van der Waals surface area contributed by atoms with Gasteiger partial charge in [0.15, 0.2) is 5.82 Å². The summed E-state index contributed by atoms with van der Waals surface area (Å²) in [5.41, 5.74) is 1.08. The van der Waals surface area contributed by atoms with Crippen molar-refractivity contribution in [3.05, 3.63) is 36.2 Å². The molecular formula is C14H18N4. The molecule has 1 aromatic heterocycles. The van der Waals surface area contributed by atoms with E-state index < -0.39 is 0 Å². The van der Waals surface area contributed by atoms with E-state index in [1.54, 1.807) is 0 Å². The molecule has 4 nitrogen and oxygen atoms in total. The van der Waals surface area contributed by atoms with Gasteiger partial charge in [-0.25, -0.2) is 4.98 Å². The monoisotopic (exact) mass is 242 g/mol. The van der Waals surface area contributed by atoms with E-state index in [2.05, 4.69) is 10.4 Å². The first-order valence-corrected chi connectivity index (χ1v) is 6.54. The van der Waals surface area contributed by atoms with Gasteiger partial charge in [-0.3, -0.25) is 4.68 Å². The van der Waals surface area contributed by atoms with Crippen LogP contribution in [0.25, 0.3) is 11.4 Å². The van der Waals surface area contributed by atoms with Crippen LogP contribution in [-0.4, -0.2) is 21.3 Å². The van der Waals surface area contributed by atoms with Gasteiger partial charge < -0.3 is 5.32 Å². The van der Waals surface area contributed by atoms with Crippen LogP contribution in [0.3, 0.4) is 0 Å². The summed E-state index contributed by atoms with van der Waals surface area (Å²) in [7, 11) is 1.98. The average molecular weight is 242 g/mol. The number of aryl methyl sites for hydroxylation is 1. The lowest BCUT2D eigenvalue weighted by atomic mass is 10.0. The molecule has 1 unspecified atom stereocenters. The Kier molecular flexibility index (Phi) is 3.11. The first-order valence-electron chi connectivity index (χ1n) is 6.54. The molecule has 0 spiro atoms. The van der Waals surface area contributed by atoms with Crippen LogP contribution < -0.4 is 5.32 Å². The van der Waals surface area contributed by atoms with Gasteiger partial charge in [-0.1, -0.05) is 36.8 Å². The highest BCUT2D eigenvalue weighted by Crippen LogP contribution is 2.23. The Morgan fingerprint density at radius 2 is 2.06 bits per heavy atom. The Morgan fingerprint density at radius 3 is 2.78 bits per heavy atom. The summed E-state index contributed by atoms with van der Waals surface area (Å²) < 4.78 is 1.91. The first kappa shape index (κ1) is 11.4. The second-order valence-corrected chi connectivity index (χ2v) is 4.79. The number of aromatic nitrogens is 3. The lowest BCUT2D eigenvalue weighted by Crippen LogP contribution is -2.29. The van der Waals surface area contributed by atoms with Gasteiger partial charge in [0.05, 0.1) is 6.04 Å². The van der Waals surface area contributed by atoms with Crippen LogP contribution in [0.5, 0.6) is 0 Å². The topological polar surface area (TPSA) is 42.7 Å². The van der Waals surface area contributed by atoms with Crippen LogP contribution in [0.1, 0.15) is 31.1 Å². The summed E-state index contributed by atoms with van der Waals surface area (Å²) in [4.78, 5) is 4.69. The van der Waals surface area contributed by atoms with E-state index in [-0.39, 0.29) is 0 Å². The predicted molar refractivity (Wildman–Crippen MR) is 71.0 cm³/mol.